The molecule has 1 amide bonds. The molecule has 0 aliphatic carbocycles. The highest BCUT2D eigenvalue weighted by molar-refractivity contribution is 7.89. The van der Waals surface area contributed by atoms with Gasteiger partial charge in [-0.1, -0.05) is 6.07 Å². The summed E-state index contributed by atoms with van der Waals surface area (Å²) in [5.74, 6) is -0.330. The van der Waals surface area contributed by atoms with Gasteiger partial charge in [0.05, 0.1) is 11.5 Å². The van der Waals surface area contributed by atoms with E-state index in [0.29, 0.717) is 18.7 Å². The number of ether oxygens (including phenoxy) is 1. The van der Waals surface area contributed by atoms with Crippen LogP contribution in [0, 0.1) is 0 Å². The van der Waals surface area contributed by atoms with Crippen LogP contribution < -0.4 is 10.0 Å². The van der Waals surface area contributed by atoms with Gasteiger partial charge in [-0.2, -0.15) is 0 Å². The Morgan fingerprint density at radius 1 is 1.35 bits per heavy atom. The van der Waals surface area contributed by atoms with Crippen LogP contribution in [0.4, 0.5) is 0 Å². The van der Waals surface area contributed by atoms with Gasteiger partial charge >= 0.3 is 0 Å². The quantitative estimate of drug-likeness (QED) is 0.728. The summed E-state index contributed by atoms with van der Waals surface area (Å²) in [5.41, 5.74) is 0.299. The molecule has 0 aliphatic heterocycles. The Balaban J connectivity index is 2.88. The number of benzene rings is 1. The third-order valence-electron chi connectivity index (χ3n) is 2.39. The van der Waals surface area contributed by atoms with Crippen LogP contribution in [0.3, 0.4) is 0 Å². The van der Waals surface area contributed by atoms with Crippen molar-refractivity contribution >= 4 is 15.9 Å². The van der Waals surface area contributed by atoms with Gasteiger partial charge in [0.15, 0.2) is 0 Å². The molecule has 0 heterocycles. The van der Waals surface area contributed by atoms with Gasteiger partial charge in [-0.25, -0.2) is 13.1 Å². The summed E-state index contributed by atoms with van der Waals surface area (Å²) in [7, 11) is -2.06. The minimum atomic E-state index is -3.60. The molecule has 0 fully saturated rings. The van der Waals surface area contributed by atoms with Gasteiger partial charge in [-0.15, -0.1) is 0 Å². The summed E-state index contributed by atoms with van der Waals surface area (Å²) in [6.45, 7) is 4.24. The molecule has 1 aromatic carbocycles. The SMILES string of the molecule is COCCNC(=O)c1cccc(S(=O)(=O)NC(C)C)c1. The fourth-order valence-electron chi connectivity index (χ4n) is 1.55. The second-order valence-corrected chi connectivity index (χ2v) is 6.27. The van der Waals surface area contributed by atoms with Crippen LogP contribution in [0.1, 0.15) is 24.2 Å². The van der Waals surface area contributed by atoms with Gasteiger partial charge in [-0.3, -0.25) is 4.79 Å². The highest BCUT2D eigenvalue weighted by Crippen LogP contribution is 2.12. The lowest BCUT2D eigenvalue weighted by Gasteiger charge is -2.10. The van der Waals surface area contributed by atoms with Gasteiger partial charge < -0.3 is 10.1 Å². The van der Waals surface area contributed by atoms with E-state index in [2.05, 4.69) is 10.0 Å². The van der Waals surface area contributed by atoms with Crippen LogP contribution in [0.15, 0.2) is 29.2 Å². The van der Waals surface area contributed by atoms with E-state index in [4.69, 9.17) is 4.74 Å². The Bertz CT molecular complexity index is 555. The molecule has 20 heavy (non-hydrogen) atoms. The summed E-state index contributed by atoms with van der Waals surface area (Å²) in [5, 5.41) is 2.64. The first-order valence-electron chi connectivity index (χ1n) is 6.26. The van der Waals surface area contributed by atoms with Crippen molar-refractivity contribution < 1.29 is 17.9 Å². The standard InChI is InChI=1S/C13H20N2O4S/c1-10(2)15-20(17,18)12-6-4-5-11(9-12)13(16)14-7-8-19-3/h4-6,9-10,15H,7-8H2,1-3H3,(H,14,16). The van der Waals surface area contributed by atoms with Crippen molar-refractivity contribution in [2.45, 2.75) is 24.8 Å². The van der Waals surface area contributed by atoms with Crippen LogP contribution in [0.25, 0.3) is 0 Å². The average Bonchev–Trinajstić information content (AvgIpc) is 2.37. The lowest BCUT2D eigenvalue weighted by molar-refractivity contribution is 0.0937. The molecule has 0 unspecified atom stereocenters. The van der Waals surface area contributed by atoms with Crippen molar-refractivity contribution in [3.05, 3.63) is 29.8 Å². The number of carbonyl (C=O) groups excluding carboxylic acids is 1. The van der Waals surface area contributed by atoms with Crippen LogP contribution in [-0.2, 0) is 14.8 Å². The minimum absolute atomic E-state index is 0.0746. The van der Waals surface area contributed by atoms with Crippen LogP contribution in [0.5, 0.6) is 0 Å². The molecular formula is C13H20N2O4S. The first-order valence-corrected chi connectivity index (χ1v) is 7.74. The molecule has 0 atom stereocenters. The molecule has 7 heteroatoms. The number of nitrogens with one attached hydrogen (secondary N) is 2. The highest BCUT2D eigenvalue weighted by Gasteiger charge is 2.17. The van der Waals surface area contributed by atoms with Crippen molar-refractivity contribution in [1.82, 2.24) is 10.0 Å². The molecule has 0 spiro atoms. The smallest absolute Gasteiger partial charge is 0.251 e. The van der Waals surface area contributed by atoms with Crippen LogP contribution in [-0.4, -0.2) is 40.6 Å². The van der Waals surface area contributed by atoms with Crippen molar-refractivity contribution in [3.63, 3.8) is 0 Å². The topological polar surface area (TPSA) is 84.5 Å². The third kappa shape index (κ3) is 4.92. The van der Waals surface area contributed by atoms with Gasteiger partial charge in [0, 0.05) is 25.3 Å². The summed E-state index contributed by atoms with van der Waals surface area (Å²) in [6.07, 6.45) is 0. The lowest BCUT2D eigenvalue weighted by atomic mass is 10.2. The van der Waals surface area contributed by atoms with Crippen molar-refractivity contribution in [1.29, 1.82) is 0 Å². The number of carbonyl (C=O) groups is 1. The predicted molar refractivity (Wildman–Crippen MR) is 76.1 cm³/mol. The molecule has 1 aromatic rings. The maximum absolute atomic E-state index is 12.0. The van der Waals surface area contributed by atoms with E-state index >= 15 is 0 Å². The molecule has 0 saturated heterocycles. The number of hydrogen-bond acceptors (Lipinski definition) is 4. The van der Waals surface area contributed by atoms with E-state index in [9.17, 15) is 13.2 Å². The van der Waals surface area contributed by atoms with Gasteiger partial charge in [0.2, 0.25) is 10.0 Å². The van der Waals surface area contributed by atoms with Crippen molar-refractivity contribution in [2.75, 3.05) is 20.3 Å². The van der Waals surface area contributed by atoms with E-state index in [0.717, 1.165) is 0 Å². The molecule has 0 aromatic heterocycles. The summed E-state index contributed by atoms with van der Waals surface area (Å²) in [4.78, 5) is 11.9. The largest absolute Gasteiger partial charge is 0.383 e. The Kier molecular flexibility index (Phi) is 6.12. The second kappa shape index (κ2) is 7.37. The molecule has 112 valence electrons. The van der Waals surface area contributed by atoms with E-state index < -0.39 is 10.0 Å². The number of rotatable bonds is 7. The van der Waals surface area contributed by atoms with E-state index in [1.807, 2.05) is 0 Å². The normalized spacial score (nSPS) is 11.6. The molecular weight excluding hydrogens is 280 g/mol. The van der Waals surface area contributed by atoms with Gasteiger partial charge in [-0.05, 0) is 32.0 Å². The Labute approximate surface area is 119 Å². The fraction of sp³-hybridized carbons (Fsp3) is 0.462. The Hall–Kier alpha value is -1.44. The van der Waals surface area contributed by atoms with E-state index in [1.54, 1.807) is 26.0 Å². The molecule has 0 saturated carbocycles. The van der Waals surface area contributed by atoms with Gasteiger partial charge in [0.1, 0.15) is 0 Å². The van der Waals surface area contributed by atoms with E-state index in [1.165, 1.54) is 19.2 Å². The zero-order valence-corrected chi connectivity index (χ0v) is 12.7. The first-order chi connectivity index (χ1) is 9.36. The Morgan fingerprint density at radius 2 is 2.05 bits per heavy atom. The molecule has 6 nitrogen and oxygen atoms in total. The number of methoxy groups -OCH3 is 1. The summed E-state index contributed by atoms with van der Waals surface area (Å²) < 4.78 is 31.3. The van der Waals surface area contributed by atoms with Crippen LogP contribution in [0.2, 0.25) is 0 Å². The number of sulfonamides is 1. The minimum Gasteiger partial charge on any atom is -0.383 e. The second-order valence-electron chi connectivity index (χ2n) is 4.55. The zero-order chi connectivity index (χ0) is 15.2. The number of amides is 1. The van der Waals surface area contributed by atoms with Crippen molar-refractivity contribution in [3.8, 4) is 0 Å². The molecule has 0 radical (unpaired) electrons. The predicted octanol–water partition coefficient (Wildman–Crippen LogP) is 0.749. The zero-order valence-electron chi connectivity index (χ0n) is 11.8. The summed E-state index contributed by atoms with van der Waals surface area (Å²) in [6, 6.07) is 5.71. The molecule has 1 rings (SSSR count). The fourth-order valence-corrected chi connectivity index (χ4v) is 2.85. The monoisotopic (exact) mass is 300 g/mol. The maximum atomic E-state index is 12.0. The molecule has 2 N–H and O–H groups in total. The van der Waals surface area contributed by atoms with Crippen molar-refractivity contribution in [2.24, 2.45) is 0 Å². The van der Waals surface area contributed by atoms with Gasteiger partial charge in [0.25, 0.3) is 5.91 Å². The molecule has 0 aliphatic rings. The Morgan fingerprint density at radius 3 is 2.65 bits per heavy atom. The average molecular weight is 300 g/mol. The lowest BCUT2D eigenvalue weighted by Crippen LogP contribution is -2.31. The summed E-state index contributed by atoms with van der Waals surface area (Å²) >= 11 is 0. The molecule has 0 bridgehead atoms. The number of hydrogen-bond donors (Lipinski definition) is 2. The first kappa shape index (κ1) is 16.6. The van der Waals surface area contributed by atoms with E-state index in [-0.39, 0.29) is 16.8 Å². The maximum Gasteiger partial charge on any atom is 0.251 e. The highest BCUT2D eigenvalue weighted by atomic mass is 32.2. The third-order valence-corrected chi connectivity index (χ3v) is 4.05. The van der Waals surface area contributed by atoms with Crippen LogP contribution >= 0.6 is 0 Å².